The average molecular weight is 430 g/mol. The van der Waals surface area contributed by atoms with Crippen LogP contribution in [0.1, 0.15) is 25.8 Å². The summed E-state index contributed by atoms with van der Waals surface area (Å²) in [6.45, 7) is 10.8. The molecule has 2 fully saturated rings. The third-order valence-electron chi connectivity index (χ3n) is 7.12. The van der Waals surface area contributed by atoms with Crippen LogP contribution < -0.4 is 5.32 Å². The SMILES string of the molecule is CCC(C)C1C(=O)Nc2ccccc2CN1C(=O)N1CC(N2CCN(CCO)CC2)C1. The van der Waals surface area contributed by atoms with Crippen LogP contribution in [0.25, 0.3) is 0 Å². The summed E-state index contributed by atoms with van der Waals surface area (Å²) in [6.07, 6.45) is 0.832. The van der Waals surface area contributed by atoms with Gasteiger partial charge in [0.25, 0.3) is 0 Å². The number of fused-ring (bicyclic) bond motifs is 1. The molecule has 4 rings (SSSR count). The first-order chi connectivity index (χ1) is 15.0. The number of anilines is 1. The van der Waals surface area contributed by atoms with Gasteiger partial charge in [-0.15, -0.1) is 0 Å². The molecule has 0 spiro atoms. The van der Waals surface area contributed by atoms with Gasteiger partial charge in [-0.1, -0.05) is 38.5 Å². The first-order valence-corrected chi connectivity index (χ1v) is 11.5. The van der Waals surface area contributed by atoms with Crippen LogP contribution in [0.3, 0.4) is 0 Å². The van der Waals surface area contributed by atoms with E-state index in [9.17, 15) is 9.59 Å². The number of likely N-dealkylation sites (tertiary alicyclic amines) is 1. The van der Waals surface area contributed by atoms with Crippen LogP contribution in [0.5, 0.6) is 0 Å². The van der Waals surface area contributed by atoms with Gasteiger partial charge < -0.3 is 20.2 Å². The molecule has 2 atom stereocenters. The number of rotatable bonds is 5. The predicted octanol–water partition coefficient (Wildman–Crippen LogP) is 1.27. The number of para-hydroxylation sites is 1. The Hall–Kier alpha value is -2.16. The van der Waals surface area contributed by atoms with Gasteiger partial charge in [-0.05, 0) is 17.5 Å². The number of benzene rings is 1. The number of hydrogen-bond acceptors (Lipinski definition) is 5. The molecule has 3 aliphatic rings. The zero-order valence-corrected chi connectivity index (χ0v) is 18.7. The lowest BCUT2D eigenvalue weighted by Crippen LogP contribution is -2.67. The largest absolute Gasteiger partial charge is 0.395 e. The number of nitrogens with zero attached hydrogens (tertiary/aromatic N) is 4. The molecule has 31 heavy (non-hydrogen) atoms. The Morgan fingerprint density at radius 1 is 1.19 bits per heavy atom. The second kappa shape index (κ2) is 9.54. The van der Waals surface area contributed by atoms with Gasteiger partial charge in [0.1, 0.15) is 6.04 Å². The summed E-state index contributed by atoms with van der Waals surface area (Å²) in [6, 6.07) is 7.64. The molecule has 2 N–H and O–H groups in total. The number of amides is 3. The van der Waals surface area contributed by atoms with Gasteiger partial charge in [-0.3, -0.25) is 14.6 Å². The highest BCUT2D eigenvalue weighted by molar-refractivity contribution is 5.99. The van der Waals surface area contributed by atoms with E-state index in [4.69, 9.17) is 5.11 Å². The van der Waals surface area contributed by atoms with E-state index in [0.29, 0.717) is 25.7 Å². The Morgan fingerprint density at radius 3 is 2.58 bits per heavy atom. The Kier molecular flexibility index (Phi) is 6.79. The molecule has 0 bridgehead atoms. The minimum absolute atomic E-state index is 0.0349. The van der Waals surface area contributed by atoms with Crippen molar-refractivity contribution in [3.63, 3.8) is 0 Å². The maximum atomic E-state index is 13.5. The molecule has 3 heterocycles. The van der Waals surface area contributed by atoms with Crippen LogP contribution in [0.4, 0.5) is 10.5 Å². The van der Waals surface area contributed by atoms with Crippen molar-refractivity contribution in [1.29, 1.82) is 0 Å². The minimum Gasteiger partial charge on any atom is -0.395 e. The summed E-state index contributed by atoms with van der Waals surface area (Å²) in [5, 5.41) is 12.2. The van der Waals surface area contributed by atoms with Crippen molar-refractivity contribution in [2.24, 2.45) is 5.92 Å². The fourth-order valence-electron chi connectivity index (χ4n) is 4.90. The van der Waals surface area contributed by atoms with Crippen molar-refractivity contribution in [1.82, 2.24) is 19.6 Å². The van der Waals surface area contributed by atoms with Crippen LogP contribution in [-0.2, 0) is 11.3 Å². The Labute approximate surface area is 184 Å². The third kappa shape index (κ3) is 4.56. The van der Waals surface area contributed by atoms with Gasteiger partial charge in [-0.2, -0.15) is 0 Å². The van der Waals surface area contributed by atoms with Crippen molar-refractivity contribution in [3.8, 4) is 0 Å². The topological polar surface area (TPSA) is 79.4 Å². The number of carbonyl (C=O) groups is 2. The lowest BCUT2D eigenvalue weighted by Gasteiger charge is -2.49. The molecule has 2 unspecified atom stereocenters. The number of nitrogens with one attached hydrogen (secondary N) is 1. The van der Waals surface area contributed by atoms with Crippen LogP contribution >= 0.6 is 0 Å². The summed E-state index contributed by atoms with van der Waals surface area (Å²) in [5.41, 5.74) is 1.78. The van der Waals surface area contributed by atoms with E-state index in [1.165, 1.54) is 0 Å². The van der Waals surface area contributed by atoms with E-state index in [2.05, 4.69) is 22.0 Å². The summed E-state index contributed by atoms with van der Waals surface area (Å²) < 4.78 is 0. The molecule has 0 radical (unpaired) electrons. The van der Waals surface area contributed by atoms with E-state index in [1.807, 2.05) is 36.1 Å². The molecule has 1 aromatic rings. The summed E-state index contributed by atoms with van der Waals surface area (Å²) in [4.78, 5) is 35.0. The zero-order valence-electron chi connectivity index (χ0n) is 18.7. The Morgan fingerprint density at radius 2 is 1.90 bits per heavy atom. The molecule has 0 saturated carbocycles. The number of urea groups is 1. The molecule has 0 aromatic heterocycles. The highest BCUT2D eigenvalue weighted by atomic mass is 16.3. The van der Waals surface area contributed by atoms with Gasteiger partial charge in [0.15, 0.2) is 0 Å². The molecule has 8 heteroatoms. The van der Waals surface area contributed by atoms with E-state index >= 15 is 0 Å². The fraction of sp³-hybridized carbons (Fsp3) is 0.652. The van der Waals surface area contributed by atoms with Crippen LogP contribution in [0.2, 0.25) is 0 Å². The number of aliphatic hydroxyl groups excluding tert-OH is 1. The number of β-amino-alcohol motifs (C(OH)–C–C–N with tert-alkyl or cyclic N) is 1. The van der Waals surface area contributed by atoms with Crippen molar-refractivity contribution >= 4 is 17.6 Å². The van der Waals surface area contributed by atoms with Crippen molar-refractivity contribution in [2.75, 3.05) is 57.7 Å². The van der Waals surface area contributed by atoms with Crippen molar-refractivity contribution < 1.29 is 14.7 Å². The summed E-state index contributed by atoms with van der Waals surface area (Å²) in [7, 11) is 0. The van der Waals surface area contributed by atoms with Crippen molar-refractivity contribution in [2.45, 2.75) is 38.9 Å². The number of carbonyl (C=O) groups excluding carboxylic acids is 2. The molecule has 0 aliphatic carbocycles. The molecule has 170 valence electrons. The Balaban J connectivity index is 1.42. The molecule has 2 saturated heterocycles. The van der Waals surface area contributed by atoms with Gasteiger partial charge in [0.05, 0.1) is 13.2 Å². The molecule has 1 aromatic carbocycles. The first kappa shape index (κ1) is 22.0. The van der Waals surface area contributed by atoms with E-state index in [-0.39, 0.29) is 24.5 Å². The standard InChI is InChI=1S/C23H35N5O3/c1-3-17(2)21-22(30)24-20-7-5-4-6-18(20)14-28(21)23(31)27-15-19(16-27)26-10-8-25(9-11-26)12-13-29/h4-7,17,19,21,29H,3,8-16H2,1-2H3,(H,24,30). The minimum atomic E-state index is -0.467. The third-order valence-corrected chi connectivity index (χ3v) is 7.12. The number of aliphatic hydroxyl groups is 1. The van der Waals surface area contributed by atoms with Crippen LogP contribution in [0, 0.1) is 5.92 Å². The number of hydrogen-bond donors (Lipinski definition) is 2. The highest BCUT2D eigenvalue weighted by Crippen LogP contribution is 2.29. The predicted molar refractivity (Wildman–Crippen MR) is 120 cm³/mol. The first-order valence-electron chi connectivity index (χ1n) is 11.5. The Bertz CT molecular complexity index is 789. The molecular formula is C23H35N5O3. The second-order valence-corrected chi connectivity index (χ2v) is 9.05. The lowest BCUT2D eigenvalue weighted by molar-refractivity contribution is -0.122. The number of piperazine rings is 1. The average Bonchev–Trinajstić information content (AvgIpc) is 2.89. The normalized spacial score (nSPS) is 24.2. The highest BCUT2D eigenvalue weighted by Gasteiger charge is 2.43. The molecule has 3 aliphatic heterocycles. The molecule has 8 nitrogen and oxygen atoms in total. The molecule has 3 amide bonds. The van der Waals surface area contributed by atoms with E-state index in [0.717, 1.165) is 50.4 Å². The van der Waals surface area contributed by atoms with Crippen molar-refractivity contribution in [3.05, 3.63) is 29.8 Å². The maximum absolute atomic E-state index is 13.5. The fourth-order valence-corrected chi connectivity index (χ4v) is 4.90. The summed E-state index contributed by atoms with van der Waals surface area (Å²) >= 11 is 0. The van der Waals surface area contributed by atoms with Crippen LogP contribution in [-0.4, -0.2) is 101 Å². The monoisotopic (exact) mass is 429 g/mol. The molecular weight excluding hydrogens is 394 g/mol. The van der Waals surface area contributed by atoms with Gasteiger partial charge in [0, 0.05) is 57.5 Å². The van der Waals surface area contributed by atoms with Crippen LogP contribution in [0.15, 0.2) is 24.3 Å². The smallest absolute Gasteiger partial charge is 0.321 e. The van der Waals surface area contributed by atoms with Gasteiger partial charge in [-0.25, -0.2) is 4.79 Å². The van der Waals surface area contributed by atoms with Gasteiger partial charge in [0.2, 0.25) is 5.91 Å². The summed E-state index contributed by atoms with van der Waals surface area (Å²) in [5.74, 6) is -0.0142. The quantitative estimate of drug-likeness (QED) is 0.737. The van der Waals surface area contributed by atoms with E-state index in [1.54, 1.807) is 4.90 Å². The second-order valence-electron chi connectivity index (χ2n) is 9.05. The van der Waals surface area contributed by atoms with Gasteiger partial charge >= 0.3 is 6.03 Å². The maximum Gasteiger partial charge on any atom is 0.321 e. The zero-order chi connectivity index (χ0) is 22.0. The van der Waals surface area contributed by atoms with E-state index < -0.39 is 6.04 Å². The lowest BCUT2D eigenvalue weighted by atomic mass is 9.96.